The Labute approximate surface area is 140 Å². The maximum Gasteiger partial charge on any atom is 0.161 e. The number of nitrogens with zero attached hydrogens (tertiary/aromatic N) is 4. The van der Waals surface area contributed by atoms with Gasteiger partial charge in [-0.2, -0.15) is 5.10 Å². The first-order valence-corrected chi connectivity index (χ1v) is 7.59. The van der Waals surface area contributed by atoms with Crippen LogP contribution in [0, 0.1) is 0 Å². The number of methoxy groups -OCH3 is 1. The topological polar surface area (TPSA) is 61.5 Å². The summed E-state index contributed by atoms with van der Waals surface area (Å²) in [5, 5.41) is 11.6. The average Bonchev–Trinajstić information content (AvgIpc) is 3.15. The van der Waals surface area contributed by atoms with E-state index in [1.807, 2.05) is 36.4 Å². The number of rotatable bonds is 7. The van der Waals surface area contributed by atoms with Crippen molar-refractivity contribution in [2.45, 2.75) is 6.42 Å². The van der Waals surface area contributed by atoms with Crippen LogP contribution in [-0.4, -0.2) is 34.8 Å². The van der Waals surface area contributed by atoms with Crippen molar-refractivity contribution in [2.24, 2.45) is 5.10 Å². The minimum absolute atomic E-state index is 0.592. The molecule has 24 heavy (non-hydrogen) atoms. The van der Waals surface area contributed by atoms with Gasteiger partial charge in [-0.25, -0.2) is 4.68 Å². The third kappa shape index (κ3) is 4.19. The third-order valence-electron chi connectivity index (χ3n) is 3.43. The van der Waals surface area contributed by atoms with Gasteiger partial charge in [0.15, 0.2) is 11.5 Å². The lowest BCUT2D eigenvalue weighted by Gasteiger charge is -2.11. The molecule has 0 radical (unpaired) electrons. The number of ether oxygens (including phenoxy) is 2. The highest BCUT2D eigenvalue weighted by Gasteiger charge is 2.05. The molecule has 0 aliphatic carbocycles. The summed E-state index contributed by atoms with van der Waals surface area (Å²) in [6.07, 6.45) is 5.60. The Morgan fingerprint density at radius 1 is 1.04 bits per heavy atom. The SMILES string of the molecule is COc1cc(/C=N\n2cnnc2)ccc1OCCc1ccccc1. The molecule has 0 aliphatic heterocycles. The van der Waals surface area contributed by atoms with E-state index >= 15 is 0 Å². The fourth-order valence-corrected chi connectivity index (χ4v) is 2.20. The first-order valence-electron chi connectivity index (χ1n) is 7.59. The van der Waals surface area contributed by atoms with E-state index in [4.69, 9.17) is 9.47 Å². The maximum absolute atomic E-state index is 5.84. The van der Waals surface area contributed by atoms with Crippen LogP contribution < -0.4 is 9.47 Å². The normalized spacial score (nSPS) is 10.9. The number of hydrogen-bond acceptors (Lipinski definition) is 5. The van der Waals surface area contributed by atoms with Crippen molar-refractivity contribution in [3.63, 3.8) is 0 Å². The van der Waals surface area contributed by atoms with Gasteiger partial charge in [0.05, 0.1) is 19.9 Å². The molecule has 6 nitrogen and oxygen atoms in total. The van der Waals surface area contributed by atoms with Crippen LogP contribution in [0.2, 0.25) is 0 Å². The molecule has 0 unspecified atom stereocenters. The summed E-state index contributed by atoms with van der Waals surface area (Å²) in [7, 11) is 1.63. The molecule has 3 rings (SSSR count). The Morgan fingerprint density at radius 3 is 2.58 bits per heavy atom. The summed E-state index contributed by atoms with van der Waals surface area (Å²) in [5.74, 6) is 1.39. The molecule has 2 aromatic carbocycles. The zero-order valence-corrected chi connectivity index (χ0v) is 13.4. The van der Waals surface area contributed by atoms with Crippen LogP contribution in [0.4, 0.5) is 0 Å². The van der Waals surface area contributed by atoms with Gasteiger partial charge < -0.3 is 9.47 Å². The van der Waals surface area contributed by atoms with Gasteiger partial charge in [0, 0.05) is 6.42 Å². The molecule has 0 N–H and O–H groups in total. The smallest absolute Gasteiger partial charge is 0.161 e. The molecule has 1 aromatic heterocycles. The highest BCUT2D eigenvalue weighted by atomic mass is 16.5. The van der Waals surface area contributed by atoms with Crippen LogP contribution in [0.1, 0.15) is 11.1 Å². The molecule has 0 aliphatic rings. The summed E-state index contributed by atoms with van der Waals surface area (Å²) >= 11 is 0. The number of aromatic nitrogens is 3. The van der Waals surface area contributed by atoms with E-state index in [0.717, 1.165) is 17.7 Å². The minimum atomic E-state index is 0.592. The molecular formula is C18H18N4O2. The van der Waals surface area contributed by atoms with Gasteiger partial charge >= 0.3 is 0 Å². The lowest BCUT2D eigenvalue weighted by molar-refractivity contribution is 0.297. The van der Waals surface area contributed by atoms with Crippen molar-refractivity contribution in [2.75, 3.05) is 13.7 Å². The van der Waals surface area contributed by atoms with E-state index < -0.39 is 0 Å². The fourth-order valence-electron chi connectivity index (χ4n) is 2.20. The van der Waals surface area contributed by atoms with Crippen molar-refractivity contribution in [1.82, 2.24) is 14.9 Å². The van der Waals surface area contributed by atoms with Gasteiger partial charge in [-0.1, -0.05) is 30.3 Å². The maximum atomic E-state index is 5.84. The first-order chi connectivity index (χ1) is 11.8. The first kappa shape index (κ1) is 15.7. The average molecular weight is 322 g/mol. The quantitative estimate of drug-likeness (QED) is 0.628. The molecule has 1 heterocycles. The highest BCUT2D eigenvalue weighted by molar-refractivity contribution is 5.80. The minimum Gasteiger partial charge on any atom is -0.493 e. The van der Waals surface area contributed by atoms with E-state index in [-0.39, 0.29) is 0 Å². The van der Waals surface area contributed by atoms with Gasteiger partial charge in [0.2, 0.25) is 0 Å². The van der Waals surface area contributed by atoms with Gasteiger partial charge in [-0.15, -0.1) is 10.2 Å². The molecule has 3 aromatic rings. The summed E-state index contributed by atoms with van der Waals surface area (Å²) in [5.41, 5.74) is 2.14. The largest absolute Gasteiger partial charge is 0.493 e. The Bertz CT molecular complexity index is 786. The van der Waals surface area contributed by atoms with E-state index in [1.165, 1.54) is 22.9 Å². The lowest BCUT2D eigenvalue weighted by Crippen LogP contribution is -2.03. The molecule has 6 heteroatoms. The monoisotopic (exact) mass is 322 g/mol. The van der Waals surface area contributed by atoms with Crippen LogP contribution in [-0.2, 0) is 6.42 Å². The Kier molecular flexibility index (Phi) is 5.19. The Balaban J connectivity index is 1.63. The van der Waals surface area contributed by atoms with Crippen molar-refractivity contribution >= 4 is 6.21 Å². The molecule has 0 saturated carbocycles. The summed E-state index contributed by atoms with van der Waals surface area (Å²) in [6, 6.07) is 15.9. The molecule has 0 bridgehead atoms. The van der Waals surface area contributed by atoms with E-state index in [9.17, 15) is 0 Å². The van der Waals surface area contributed by atoms with Crippen molar-refractivity contribution < 1.29 is 9.47 Å². The van der Waals surface area contributed by atoms with Crippen LogP contribution in [0.15, 0.2) is 66.3 Å². The van der Waals surface area contributed by atoms with Crippen molar-refractivity contribution in [1.29, 1.82) is 0 Å². The van der Waals surface area contributed by atoms with Gasteiger partial charge in [0.25, 0.3) is 0 Å². The molecule has 0 fully saturated rings. The van der Waals surface area contributed by atoms with Crippen molar-refractivity contribution in [3.8, 4) is 11.5 Å². The predicted molar refractivity (Wildman–Crippen MR) is 91.6 cm³/mol. The van der Waals surface area contributed by atoms with Crippen LogP contribution >= 0.6 is 0 Å². The number of hydrogen-bond donors (Lipinski definition) is 0. The van der Waals surface area contributed by atoms with E-state index in [0.29, 0.717) is 12.4 Å². The predicted octanol–water partition coefficient (Wildman–Crippen LogP) is 2.79. The zero-order valence-electron chi connectivity index (χ0n) is 13.4. The standard InChI is InChI=1S/C18H18N4O2/c1-23-18-11-16(12-21-22-13-19-20-14-22)7-8-17(18)24-10-9-15-5-3-2-4-6-15/h2-8,11-14H,9-10H2,1H3/b21-12-. The molecule has 122 valence electrons. The molecular weight excluding hydrogens is 304 g/mol. The van der Waals surface area contributed by atoms with Crippen molar-refractivity contribution in [3.05, 3.63) is 72.3 Å². The van der Waals surface area contributed by atoms with E-state index in [2.05, 4.69) is 27.4 Å². The summed E-state index contributed by atoms with van der Waals surface area (Å²) in [6.45, 7) is 0.592. The third-order valence-corrected chi connectivity index (χ3v) is 3.43. The molecule has 0 saturated heterocycles. The Hall–Kier alpha value is -3.15. The second-order valence-corrected chi connectivity index (χ2v) is 5.08. The second kappa shape index (κ2) is 7.92. The lowest BCUT2D eigenvalue weighted by atomic mass is 10.2. The molecule has 0 amide bonds. The fraction of sp³-hybridized carbons (Fsp3) is 0.167. The van der Waals surface area contributed by atoms with Crippen LogP contribution in [0.5, 0.6) is 11.5 Å². The van der Waals surface area contributed by atoms with Gasteiger partial charge in [-0.05, 0) is 29.3 Å². The van der Waals surface area contributed by atoms with E-state index in [1.54, 1.807) is 13.3 Å². The Morgan fingerprint density at radius 2 is 1.83 bits per heavy atom. The van der Waals surface area contributed by atoms with Crippen LogP contribution in [0.3, 0.4) is 0 Å². The van der Waals surface area contributed by atoms with Gasteiger partial charge in [-0.3, -0.25) is 0 Å². The molecule has 0 spiro atoms. The van der Waals surface area contributed by atoms with Gasteiger partial charge in [0.1, 0.15) is 12.7 Å². The summed E-state index contributed by atoms with van der Waals surface area (Å²) in [4.78, 5) is 0. The highest BCUT2D eigenvalue weighted by Crippen LogP contribution is 2.27. The second-order valence-electron chi connectivity index (χ2n) is 5.08. The number of benzene rings is 2. The zero-order chi connectivity index (χ0) is 16.6. The van der Waals surface area contributed by atoms with Crippen LogP contribution in [0.25, 0.3) is 0 Å². The molecule has 0 atom stereocenters. The summed E-state index contributed by atoms with van der Waals surface area (Å²) < 4.78 is 12.8.